The molecule has 0 saturated carbocycles. The Morgan fingerprint density at radius 2 is 1.71 bits per heavy atom. The molecule has 0 heterocycles. The lowest BCUT2D eigenvalue weighted by Crippen LogP contribution is -2.18. The Morgan fingerprint density at radius 1 is 1.05 bits per heavy atom. The second kappa shape index (κ2) is 7.44. The van der Waals surface area contributed by atoms with E-state index in [4.69, 9.17) is 0 Å². The van der Waals surface area contributed by atoms with Gasteiger partial charge in [0.15, 0.2) is 0 Å². The van der Waals surface area contributed by atoms with E-state index in [9.17, 15) is 0 Å². The highest BCUT2D eigenvalue weighted by Crippen LogP contribution is 2.17. The number of rotatable bonds is 6. The molecule has 0 aliphatic carbocycles. The highest BCUT2D eigenvalue weighted by atomic mass is 14.9. The molecule has 2 rings (SSSR count). The second-order valence-electron chi connectivity index (χ2n) is 4.87. The molecule has 0 aliphatic heterocycles. The molecule has 0 saturated heterocycles. The van der Waals surface area contributed by atoms with Crippen molar-refractivity contribution in [3.63, 3.8) is 0 Å². The Balaban J connectivity index is 2.40. The first-order chi connectivity index (χ1) is 10.3. The predicted molar refractivity (Wildman–Crippen MR) is 91.0 cm³/mol. The molecule has 0 spiro atoms. The number of likely N-dealkylation sites (N-methyl/N-ethyl adjacent to an activating group) is 1. The van der Waals surface area contributed by atoms with Crippen molar-refractivity contribution in [3.05, 3.63) is 83.6 Å². The number of nitrogens with zero attached hydrogens (tertiary/aromatic N) is 1. The summed E-state index contributed by atoms with van der Waals surface area (Å²) in [5, 5.41) is 3.11. The molecule has 108 valence electrons. The molecule has 2 aromatic rings. The number of aliphatic imine (C=N–C) groups is 1. The first-order valence-corrected chi connectivity index (χ1v) is 7.30. The smallest absolute Gasteiger partial charge is 0.0874 e. The van der Waals surface area contributed by atoms with E-state index in [1.807, 2.05) is 20.0 Å². The van der Waals surface area contributed by atoms with Crippen LogP contribution in [0, 0.1) is 0 Å². The van der Waals surface area contributed by atoms with E-state index >= 15 is 0 Å². The second-order valence-corrected chi connectivity index (χ2v) is 4.87. The SMILES string of the molecule is C=C(NC)C(=NCC)c1ccccc1Cc1ccccc1. The quantitative estimate of drug-likeness (QED) is 0.798. The van der Waals surface area contributed by atoms with E-state index in [1.54, 1.807) is 0 Å². The van der Waals surface area contributed by atoms with Gasteiger partial charge in [0, 0.05) is 19.2 Å². The Kier molecular flexibility index (Phi) is 5.33. The lowest BCUT2D eigenvalue weighted by molar-refractivity contribution is 1.04. The molecule has 2 heteroatoms. The van der Waals surface area contributed by atoms with Gasteiger partial charge in [0.05, 0.1) is 11.4 Å². The molecular formula is C19H22N2. The molecule has 1 N–H and O–H groups in total. The zero-order valence-electron chi connectivity index (χ0n) is 12.8. The summed E-state index contributed by atoms with van der Waals surface area (Å²) in [6, 6.07) is 18.9. The normalized spacial score (nSPS) is 11.2. The van der Waals surface area contributed by atoms with E-state index in [0.29, 0.717) is 0 Å². The summed E-state index contributed by atoms with van der Waals surface area (Å²) < 4.78 is 0. The summed E-state index contributed by atoms with van der Waals surface area (Å²) in [5.41, 5.74) is 5.54. The van der Waals surface area contributed by atoms with Crippen LogP contribution in [-0.4, -0.2) is 19.3 Å². The summed E-state index contributed by atoms with van der Waals surface area (Å²) in [6.07, 6.45) is 0.900. The van der Waals surface area contributed by atoms with E-state index in [1.165, 1.54) is 11.1 Å². The van der Waals surface area contributed by atoms with Crippen LogP contribution in [0.3, 0.4) is 0 Å². The van der Waals surface area contributed by atoms with Crippen molar-refractivity contribution in [2.45, 2.75) is 13.3 Å². The Labute approximate surface area is 127 Å². The molecule has 2 aromatic carbocycles. The van der Waals surface area contributed by atoms with Crippen LogP contribution in [0.25, 0.3) is 0 Å². The van der Waals surface area contributed by atoms with Gasteiger partial charge in [-0.2, -0.15) is 0 Å². The van der Waals surface area contributed by atoms with E-state index in [2.05, 4.69) is 65.4 Å². The largest absolute Gasteiger partial charge is 0.387 e. The number of benzene rings is 2. The van der Waals surface area contributed by atoms with Crippen molar-refractivity contribution in [1.29, 1.82) is 0 Å². The maximum atomic E-state index is 4.62. The molecular weight excluding hydrogens is 256 g/mol. The van der Waals surface area contributed by atoms with Crippen LogP contribution in [0.5, 0.6) is 0 Å². The minimum Gasteiger partial charge on any atom is -0.387 e. The number of allylic oxidation sites excluding steroid dienone is 1. The summed E-state index contributed by atoms with van der Waals surface area (Å²) in [5.74, 6) is 0. The third-order valence-corrected chi connectivity index (χ3v) is 3.41. The van der Waals surface area contributed by atoms with Crippen molar-refractivity contribution in [1.82, 2.24) is 5.32 Å². The van der Waals surface area contributed by atoms with Crippen molar-refractivity contribution in [2.24, 2.45) is 4.99 Å². The summed E-state index contributed by atoms with van der Waals surface area (Å²) in [7, 11) is 1.88. The lowest BCUT2D eigenvalue weighted by Gasteiger charge is -2.14. The first kappa shape index (κ1) is 15.0. The van der Waals surface area contributed by atoms with Gasteiger partial charge in [0.25, 0.3) is 0 Å². The lowest BCUT2D eigenvalue weighted by atomic mass is 9.96. The number of hydrogen-bond donors (Lipinski definition) is 1. The molecule has 0 atom stereocenters. The third-order valence-electron chi connectivity index (χ3n) is 3.41. The molecule has 2 nitrogen and oxygen atoms in total. The number of hydrogen-bond acceptors (Lipinski definition) is 2. The van der Waals surface area contributed by atoms with Crippen LogP contribution in [0.4, 0.5) is 0 Å². The first-order valence-electron chi connectivity index (χ1n) is 7.30. The van der Waals surface area contributed by atoms with Crippen LogP contribution in [-0.2, 0) is 6.42 Å². The molecule has 0 bridgehead atoms. The van der Waals surface area contributed by atoms with Crippen LogP contribution < -0.4 is 5.32 Å². The van der Waals surface area contributed by atoms with E-state index < -0.39 is 0 Å². The van der Waals surface area contributed by atoms with Crippen LogP contribution >= 0.6 is 0 Å². The summed E-state index contributed by atoms with van der Waals surface area (Å²) in [4.78, 5) is 4.62. The van der Waals surface area contributed by atoms with Gasteiger partial charge in [-0.15, -0.1) is 0 Å². The maximum Gasteiger partial charge on any atom is 0.0874 e. The molecule has 0 aliphatic rings. The average molecular weight is 278 g/mol. The average Bonchev–Trinajstić information content (AvgIpc) is 2.54. The van der Waals surface area contributed by atoms with Crippen molar-refractivity contribution < 1.29 is 0 Å². The van der Waals surface area contributed by atoms with Gasteiger partial charge in [0.2, 0.25) is 0 Å². The van der Waals surface area contributed by atoms with E-state index in [-0.39, 0.29) is 0 Å². The van der Waals surface area contributed by atoms with Gasteiger partial charge in [-0.25, -0.2) is 0 Å². The third kappa shape index (κ3) is 3.82. The van der Waals surface area contributed by atoms with Crippen LogP contribution in [0.15, 0.2) is 71.9 Å². The van der Waals surface area contributed by atoms with E-state index in [0.717, 1.165) is 29.9 Å². The summed E-state index contributed by atoms with van der Waals surface area (Å²) in [6.45, 7) is 6.86. The highest BCUT2D eigenvalue weighted by molar-refractivity contribution is 6.12. The zero-order valence-corrected chi connectivity index (χ0v) is 12.8. The Morgan fingerprint density at radius 3 is 2.38 bits per heavy atom. The zero-order chi connectivity index (χ0) is 15.1. The Bertz CT molecular complexity index is 627. The van der Waals surface area contributed by atoms with Gasteiger partial charge >= 0.3 is 0 Å². The van der Waals surface area contributed by atoms with Gasteiger partial charge in [-0.05, 0) is 24.5 Å². The fraction of sp³-hybridized carbons (Fsp3) is 0.211. The standard InChI is InChI=1S/C19H22N2/c1-4-21-19(15(2)20-3)18-13-9-8-12-17(18)14-16-10-6-5-7-11-16/h5-13,20H,2,4,14H2,1,3H3. The molecule has 0 fully saturated rings. The van der Waals surface area contributed by atoms with Crippen LogP contribution in [0.2, 0.25) is 0 Å². The van der Waals surface area contributed by atoms with Crippen molar-refractivity contribution in [2.75, 3.05) is 13.6 Å². The van der Waals surface area contributed by atoms with Crippen molar-refractivity contribution >= 4 is 5.71 Å². The minimum absolute atomic E-state index is 0.746. The molecule has 0 aromatic heterocycles. The highest BCUT2D eigenvalue weighted by Gasteiger charge is 2.11. The number of nitrogens with one attached hydrogen (secondary N) is 1. The minimum atomic E-state index is 0.746. The van der Waals surface area contributed by atoms with Gasteiger partial charge in [-0.1, -0.05) is 61.2 Å². The molecule has 0 amide bonds. The fourth-order valence-electron chi connectivity index (χ4n) is 2.34. The molecule has 21 heavy (non-hydrogen) atoms. The van der Waals surface area contributed by atoms with Gasteiger partial charge in [-0.3, -0.25) is 4.99 Å². The monoisotopic (exact) mass is 278 g/mol. The maximum absolute atomic E-state index is 4.62. The topological polar surface area (TPSA) is 24.4 Å². The van der Waals surface area contributed by atoms with Gasteiger partial charge < -0.3 is 5.32 Å². The Hall–Kier alpha value is -2.35. The van der Waals surface area contributed by atoms with Gasteiger partial charge in [0.1, 0.15) is 0 Å². The summed E-state index contributed by atoms with van der Waals surface area (Å²) >= 11 is 0. The van der Waals surface area contributed by atoms with Crippen LogP contribution in [0.1, 0.15) is 23.6 Å². The fourth-order valence-corrected chi connectivity index (χ4v) is 2.34. The van der Waals surface area contributed by atoms with Crippen molar-refractivity contribution in [3.8, 4) is 0 Å². The molecule has 0 radical (unpaired) electrons. The molecule has 0 unspecified atom stereocenters. The predicted octanol–water partition coefficient (Wildman–Crippen LogP) is 3.82.